The minimum atomic E-state index is 0.612. The molecule has 0 amide bonds. The third-order valence-corrected chi connectivity index (χ3v) is 10.4. The highest BCUT2D eigenvalue weighted by Gasteiger charge is 2.23. The zero-order chi connectivity index (χ0) is 35.8. The molecule has 8 aromatic carbocycles. The zero-order valence-corrected chi connectivity index (χ0v) is 29.5. The smallest absolute Gasteiger partial charge is 0.227 e. The number of allylic oxidation sites excluding steroid dienone is 4. The summed E-state index contributed by atoms with van der Waals surface area (Å²) >= 11 is 0. The Morgan fingerprint density at radius 3 is 2.06 bits per heavy atom. The number of aromatic nitrogens is 1. The maximum Gasteiger partial charge on any atom is 0.227 e. The van der Waals surface area contributed by atoms with Crippen molar-refractivity contribution in [2.24, 2.45) is 0 Å². The highest BCUT2D eigenvalue weighted by Crippen LogP contribution is 2.45. The van der Waals surface area contributed by atoms with Gasteiger partial charge in [0.15, 0.2) is 5.58 Å². The normalized spacial score (nSPS) is 12.7. The first-order valence-corrected chi connectivity index (χ1v) is 18.4. The Hall–Kier alpha value is -7.15. The van der Waals surface area contributed by atoms with E-state index in [1.165, 1.54) is 33.4 Å². The molecule has 0 N–H and O–H groups in total. The number of oxazole rings is 1. The highest BCUT2D eigenvalue weighted by molar-refractivity contribution is 6.18. The number of anilines is 3. The summed E-state index contributed by atoms with van der Waals surface area (Å²) in [6, 6.07) is 66.7. The van der Waals surface area contributed by atoms with Crippen LogP contribution in [-0.4, -0.2) is 4.98 Å². The van der Waals surface area contributed by atoms with E-state index in [1.54, 1.807) is 0 Å². The predicted molar refractivity (Wildman–Crippen MR) is 224 cm³/mol. The van der Waals surface area contributed by atoms with E-state index in [4.69, 9.17) is 9.40 Å². The summed E-state index contributed by atoms with van der Waals surface area (Å²) in [6.45, 7) is 0. The maximum atomic E-state index is 6.58. The Labute approximate surface area is 314 Å². The molecule has 10 rings (SSSR count). The van der Waals surface area contributed by atoms with E-state index in [9.17, 15) is 0 Å². The van der Waals surface area contributed by atoms with Gasteiger partial charge >= 0.3 is 0 Å². The molecule has 0 fully saturated rings. The number of para-hydroxylation sites is 2. The van der Waals surface area contributed by atoms with E-state index in [0.717, 1.165) is 68.1 Å². The molecule has 1 aliphatic carbocycles. The molecule has 1 aromatic heterocycles. The average Bonchev–Trinajstić information content (AvgIpc) is 3.70. The Balaban J connectivity index is 1.19. The van der Waals surface area contributed by atoms with E-state index in [1.807, 2.05) is 36.4 Å². The predicted octanol–water partition coefficient (Wildman–Crippen LogP) is 13.8. The molecular weight excluding hydrogens is 657 g/mol. The van der Waals surface area contributed by atoms with Crippen LogP contribution in [-0.2, 0) is 0 Å². The van der Waals surface area contributed by atoms with Gasteiger partial charge in [-0.3, -0.25) is 0 Å². The van der Waals surface area contributed by atoms with Gasteiger partial charge in [-0.25, -0.2) is 4.98 Å². The Morgan fingerprint density at radius 1 is 0.593 bits per heavy atom. The third kappa shape index (κ3) is 5.53. The molecule has 0 saturated carbocycles. The molecule has 1 heterocycles. The number of hydrogen-bond acceptors (Lipinski definition) is 3. The molecule has 0 aliphatic heterocycles. The van der Waals surface area contributed by atoms with Crippen molar-refractivity contribution in [2.45, 2.75) is 12.8 Å². The van der Waals surface area contributed by atoms with Crippen LogP contribution in [0.15, 0.2) is 186 Å². The van der Waals surface area contributed by atoms with E-state index in [2.05, 4.69) is 163 Å². The second kappa shape index (κ2) is 13.4. The van der Waals surface area contributed by atoms with Gasteiger partial charge in [0.2, 0.25) is 5.89 Å². The van der Waals surface area contributed by atoms with Crippen LogP contribution in [0.3, 0.4) is 0 Å². The molecule has 3 nitrogen and oxygen atoms in total. The minimum absolute atomic E-state index is 0.612. The molecule has 0 radical (unpaired) electrons. The van der Waals surface area contributed by atoms with Crippen molar-refractivity contribution in [3.05, 3.63) is 205 Å². The fourth-order valence-electron chi connectivity index (χ4n) is 7.90. The van der Waals surface area contributed by atoms with Crippen LogP contribution < -0.4 is 4.90 Å². The van der Waals surface area contributed by atoms with Gasteiger partial charge in [0.1, 0.15) is 5.52 Å². The SMILES string of the molecule is c1c(N(c2ccccc2)c2ccccc2C2=C(c3ccccc3-c3ccccc3)C=CCC2)cc2c(c#1)ccc1ccc3nc(-c4ccccc4)oc3c12. The van der Waals surface area contributed by atoms with Crippen molar-refractivity contribution in [3.63, 3.8) is 0 Å². The van der Waals surface area contributed by atoms with Gasteiger partial charge in [0, 0.05) is 33.0 Å². The Kier molecular flexibility index (Phi) is 7.86. The molecule has 254 valence electrons. The molecule has 0 bridgehead atoms. The first kappa shape index (κ1) is 31.6. The third-order valence-electron chi connectivity index (χ3n) is 10.4. The summed E-state index contributed by atoms with van der Waals surface area (Å²) in [4.78, 5) is 7.23. The number of benzene rings is 7. The van der Waals surface area contributed by atoms with Crippen molar-refractivity contribution in [1.82, 2.24) is 4.98 Å². The van der Waals surface area contributed by atoms with Crippen molar-refractivity contribution in [3.8, 4) is 22.6 Å². The first-order chi connectivity index (χ1) is 26.8. The van der Waals surface area contributed by atoms with Gasteiger partial charge < -0.3 is 9.32 Å². The zero-order valence-electron chi connectivity index (χ0n) is 29.5. The average molecular weight is 691 g/mol. The van der Waals surface area contributed by atoms with E-state index in [0.29, 0.717) is 5.89 Å². The lowest BCUT2D eigenvalue weighted by atomic mass is 9.84. The van der Waals surface area contributed by atoms with Gasteiger partial charge in [0.05, 0.1) is 11.4 Å². The number of nitrogens with zero attached hydrogens (tertiary/aromatic N) is 2. The van der Waals surface area contributed by atoms with Crippen molar-refractivity contribution < 1.29 is 4.42 Å². The lowest BCUT2D eigenvalue weighted by Crippen LogP contribution is -2.12. The van der Waals surface area contributed by atoms with Crippen molar-refractivity contribution >= 4 is 60.9 Å². The van der Waals surface area contributed by atoms with Gasteiger partial charge in [-0.1, -0.05) is 140 Å². The summed E-state index contributed by atoms with van der Waals surface area (Å²) in [7, 11) is 0. The van der Waals surface area contributed by atoms with Crippen LogP contribution in [0.2, 0.25) is 0 Å². The molecular formula is C51H34N2O. The van der Waals surface area contributed by atoms with E-state index >= 15 is 0 Å². The quantitative estimate of drug-likeness (QED) is 0.167. The van der Waals surface area contributed by atoms with Crippen LogP contribution in [0.4, 0.5) is 17.1 Å². The topological polar surface area (TPSA) is 29.3 Å². The fourth-order valence-corrected chi connectivity index (χ4v) is 7.90. The molecule has 0 saturated heterocycles. The van der Waals surface area contributed by atoms with Crippen molar-refractivity contribution in [2.75, 3.05) is 4.90 Å². The summed E-state index contributed by atoms with van der Waals surface area (Å²) in [5.74, 6) is 0.612. The summed E-state index contributed by atoms with van der Waals surface area (Å²) in [5, 5.41) is 4.12. The molecule has 0 spiro atoms. The minimum Gasteiger partial charge on any atom is -0.435 e. The second-order valence-electron chi connectivity index (χ2n) is 13.6. The summed E-state index contributed by atoms with van der Waals surface area (Å²) in [5.41, 5.74) is 13.0. The molecule has 0 atom stereocenters. The molecule has 3 heteroatoms. The van der Waals surface area contributed by atoms with E-state index < -0.39 is 0 Å². The number of hydrogen-bond donors (Lipinski definition) is 0. The molecule has 54 heavy (non-hydrogen) atoms. The number of fused-ring (bicyclic) bond motifs is 5. The van der Waals surface area contributed by atoms with Crippen LogP contribution in [0.1, 0.15) is 24.0 Å². The Morgan fingerprint density at radius 2 is 1.26 bits per heavy atom. The number of rotatable bonds is 7. The molecule has 9 aromatic rings. The van der Waals surface area contributed by atoms with E-state index in [-0.39, 0.29) is 0 Å². The van der Waals surface area contributed by atoms with Crippen LogP contribution in [0.25, 0.3) is 66.4 Å². The second-order valence-corrected chi connectivity index (χ2v) is 13.6. The molecule has 0 unspecified atom stereocenters. The summed E-state index contributed by atoms with van der Waals surface area (Å²) < 4.78 is 6.58. The lowest BCUT2D eigenvalue weighted by Gasteiger charge is -2.29. The van der Waals surface area contributed by atoms with Crippen LogP contribution in [0, 0.1) is 12.1 Å². The monoisotopic (exact) mass is 690 g/mol. The maximum absolute atomic E-state index is 6.58. The van der Waals surface area contributed by atoms with Gasteiger partial charge in [-0.05, 0) is 101 Å². The van der Waals surface area contributed by atoms with Gasteiger partial charge in [-0.2, -0.15) is 0 Å². The standard InChI is InChI=1S/C51H34N2O/c1-4-16-35(17-5-1)41-22-10-11-23-42(41)43-24-12-13-25-44(43)45-26-14-15-27-48(45)53(39-20-8-3-9-21-39)40-32-30-36-28-29-37-31-33-47-50(49(37)46(36)34-40)54-51(52-47)38-18-6-2-7-19-38/h1-12,14-24,26-29,31,33-34H,13,25H2. The fraction of sp³-hybridized carbons (Fsp3) is 0.0392. The van der Waals surface area contributed by atoms with Gasteiger partial charge in [-0.15, -0.1) is 0 Å². The largest absolute Gasteiger partial charge is 0.435 e. The van der Waals surface area contributed by atoms with Gasteiger partial charge in [0.25, 0.3) is 0 Å². The van der Waals surface area contributed by atoms with Crippen LogP contribution >= 0.6 is 0 Å². The Bertz CT molecular complexity index is 2870. The lowest BCUT2D eigenvalue weighted by molar-refractivity contribution is 0.623. The molecule has 1 aliphatic rings. The highest BCUT2D eigenvalue weighted by atomic mass is 16.3. The van der Waals surface area contributed by atoms with Crippen molar-refractivity contribution in [1.29, 1.82) is 0 Å². The van der Waals surface area contributed by atoms with Crippen LogP contribution in [0.5, 0.6) is 0 Å². The first-order valence-electron chi connectivity index (χ1n) is 18.4. The summed E-state index contributed by atoms with van der Waals surface area (Å²) in [6.07, 6.45) is 6.54.